The van der Waals surface area contributed by atoms with Crippen LogP contribution in [0.3, 0.4) is 0 Å². The van der Waals surface area contributed by atoms with Crippen LogP contribution < -0.4 is 10.6 Å². The number of furan rings is 1. The Kier molecular flexibility index (Phi) is 4.75. The van der Waals surface area contributed by atoms with Crippen molar-refractivity contribution in [2.45, 2.75) is 6.04 Å². The summed E-state index contributed by atoms with van der Waals surface area (Å²) in [4.78, 5) is 0. The van der Waals surface area contributed by atoms with Crippen LogP contribution in [0.4, 0.5) is 0 Å². The minimum absolute atomic E-state index is 0.0963. The third kappa shape index (κ3) is 3.69. The lowest BCUT2D eigenvalue weighted by Crippen LogP contribution is -2.38. The van der Waals surface area contributed by atoms with Crippen molar-refractivity contribution in [3.05, 3.63) is 72.7 Å². The van der Waals surface area contributed by atoms with Gasteiger partial charge < -0.3 is 15.1 Å². The summed E-state index contributed by atoms with van der Waals surface area (Å²) in [6, 6.07) is 13.7. The van der Waals surface area contributed by atoms with Gasteiger partial charge in [0.25, 0.3) is 0 Å². The van der Waals surface area contributed by atoms with Crippen molar-refractivity contribution in [1.82, 2.24) is 10.6 Å². The standard InChI is InChI=1S/C15H16N2OS/c1-2-10-16-15(19)17-14(13-9-6-11-18-13)12-7-4-3-5-8-12/h2-9,11,14H,1,10H2,(H2,16,17,19)/t14-/m0/s1. The van der Waals surface area contributed by atoms with E-state index in [4.69, 9.17) is 16.6 Å². The molecular weight excluding hydrogens is 256 g/mol. The summed E-state index contributed by atoms with van der Waals surface area (Å²) in [5.74, 6) is 0.828. The lowest BCUT2D eigenvalue weighted by molar-refractivity contribution is 0.474. The molecular formula is C15H16N2OS. The Morgan fingerprint density at radius 1 is 1.26 bits per heavy atom. The zero-order chi connectivity index (χ0) is 13.5. The third-order valence-electron chi connectivity index (χ3n) is 2.64. The molecule has 0 aliphatic heterocycles. The van der Waals surface area contributed by atoms with Crippen molar-refractivity contribution in [1.29, 1.82) is 0 Å². The Bertz CT molecular complexity index is 522. The molecule has 4 heteroatoms. The van der Waals surface area contributed by atoms with E-state index in [2.05, 4.69) is 17.2 Å². The topological polar surface area (TPSA) is 37.2 Å². The number of hydrogen-bond acceptors (Lipinski definition) is 2. The van der Waals surface area contributed by atoms with E-state index >= 15 is 0 Å². The zero-order valence-electron chi connectivity index (χ0n) is 10.5. The van der Waals surface area contributed by atoms with Crippen molar-refractivity contribution in [3.63, 3.8) is 0 Å². The molecule has 0 aliphatic carbocycles. The van der Waals surface area contributed by atoms with Crippen LogP contribution in [-0.4, -0.2) is 11.7 Å². The number of rotatable bonds is 5. The second kappa shape index (κ2) is 6.75. The lowest BCUT2D eigenvalue weighted by atomic mass is 10.1. The quantitative estimate of drug-likeness (QED) is 0.648. The molecule has 0 saturated heterocycles. The van der Waals surface area contributed by atoms with Gasteiger partial charge in [-0.1, -0.05) is 36.4 Å². The van der Waals surface area contributed by atoms with Gasteiger partial charge in [0, 0.05) is 6.54 Å². The third-order valence-corrected chi connectivity index (χ3v) is 2.91. The highest BCUT2D eigenvalue weighted by Crippen LogP contribution is 2.22. The SMILES string of the molecule is C=CCNC(=S)N[C@@H](c1ccccc1)c1ccco1. The van der Waals surface area contributed by atoms with Crippen molar-refractivity contribution in [2.24, 2.45) is 0 Å². The highest BCUT2D eigenvalue weighted by molar-refractivity contribution is 7.80. The summed E-state index contributed by atoms with van der Waals surface area (Å²) in [6.45, 7) is 4.28. The maximum Gasteiger partial charge on any atom is 0.167 e. The van der Waals surface area contributed by atoms with Gasteiger partial charge in [0.05, 0.1) is 6.26 Å². The van der Waals surface area contributed by atoms with Gasteiger partial charge in [0.1, 0.15) is 11.8 Å². The molecule has 0 fully saturated rings. The fourth-order valence-electron chi connectivity index (χ4n) is 1.77. The highest BCUT2D eigenvalue weighted by atomic mass is 32.1. The summed E-state index contributed by atoms with van der Waals surface area (Å²) < 4.78 is 5.49. The van der Waals surface area contributed by atoms with Gasteiger partial charge in [0.15, 0.2) is 5.11 Å². The molecule has 1 aromatic carbocycles. The first kappa shape index (κ1) is 13.4. The van der Waals surface area contributed by atoms with Crippen LogP contribution >= 0.6 is 12.2 Å². The van der Waals surface area contributed by atoms with Gasteiger partial charge in [-0.3, -0.25) is 0 Å². The molecule has 1 heterocycles. The Hall–Kier alpha value is -2.07. The molecule has 0 aliphatic rings. The molecule has 1 aromatic heterocycles. The van der Waals surface area contributed by atoms with Crippen molar-refractivity contribution < 1.29 is 4.42 Å². The molecule has 3 nitrogen and oxygen atoms in total. The fourth-order valence-corrected chi connectivity index (χ4v) is 1.97. The van der Waals surface area contributed by atoms with Crippen LogP contribution in [0.5, 0.6) is 0 Å². The van der Waals surface area contributed by atoms with Crippen LogP contribution in [0.25, 0.3) is 0 Å². The molecule has 2 aromatic rings. The highest BCUT2D eigenvalue weighted by Gasteiger charge is 2.17. The van der Waals surface area contributed by atoms with Crippen molar-refractivity contribution >= 4 is 17.3 Å². The van der Waals surface area contributed by atoms with E-state index in [1.165, 1.54) is 0 Å². The van der Waals surface area contributed by atoms with E-state index in [0.29, 0.717) is 11.7 Å². The Labute approximate surface area is 118 Å². The summed E-state index contributed by atoms with van der Waals surface area (Å²) >= 11 is 5.26. The largest absolute Gasteiger partial charge is 0.467 e. The van der Waals surface area contributed by atoms with E-state index in [9.17, 15) is 0 Å². The predicted molar refractivity (Wildman–Crippen MR) is 80.9 cm³/mol. The number of nitrogens with one attached hydrogen (secondary N) is 2. The molecule has 19 heavy (non-hydrogen) atoms. The number of benzene rings is 1. The molecule has 2 N–H and O–H groups in total. The normalized spacial score (nSPS) is 11.6. The van der Waals surface area contributed by atoms with Gasteiger partial charge in [-0.25, -0.2) is 0 Å². The van der Waals surface area contributed by atoms with E-state index in [1.807, 2.05) is 42.5 Å². The van der Waals surface area contributed by atoms with Crippen molar-refractivity contribution in [3.8, 4) is 0 Å². The lowest BCUT2D eigenvalue weighted by Gasteiger charge is -2.19. The first-order valence-corrected chi connectivity index (χ1v) is 6.45. The Morgan fingerprint density at radius 3 is 2.68 bits per heavy atom. The number of thiocarbonyl (C=S) groups is 1. The second-order valence-electron chi connectivity index (χ2n) is 4.00. The van der Waals surface area contributed by atoms with Gasteiger partial charge in [-0.15, -0.1) is 6.58 Å². The average molecular weight is 272 g/mol. The first-order chi connectivity index (χ1) is 9.31. The molecule has 0 amide bonds. The number of hydrogen-bond donors (Lipinski definition) is 2. The fraction of sp³-hybridized carbons (Fsp3) is 0.133. The minimum atomic E-state index is -0.0963. The molecule has 2 rings (SSSR count). The summed E-state index contributed by atoms with van der Waals surface area (Å²) in [5.41, 5.74) is 1.10. The maximum atomic E-state index is 5.49. The Morgan fingerprint density at radius 2 is 2.05 bits per heavy atom. The molecule has 98 valence electrons. The summed E-state index contributed by atoms with van der Waals surface area (Å²) in [5, 5.41) is 6.88. The molecule has 0 spiro atoms. The van der Waals surface area contributed by atoms with E-state index in [1.54, 1.807) is 12.3 Å². The van der Waals surface area contributed by atoms with Crippen LogP contribution in [0.2, 0.25) is 0 Å². The van der Waals surface area contributed by atoms with Crippen LogP contribution in [0, 0.1) is 0 Å². The van der Waals surface area contributed by atoms with Crippen LogP contribution in [0.1, 0.15) is 17.4 Å². The van der Waals surface area contributed by atoms with Gasteiger partial charge in [-0.05, 0) is 29.9 Å². The smallest absolute Gasteiger partial charge is 0.167 e. The molecule has 0 radical (unpaired) electrons. The summed E-state index contributed by atoms with van der Waals surface area (Å²) in [7, 11) is 0. The van der Waals surface area contributed by atoms with E-state index < -0.39 is 0 Å². The monoisotopic (exact) mass is 272 g/mol. The molecule has 0 unspecified atom stereocenters. The zero-order valence-corrected chi connectivity index (χ0v) is 11.3. The van der Waals surface area contributed by atoms with Crippen LogP contribution in [-0.2, 0) is 0 Å². The molecule has 1 atom stereocenters. The maximum absolute atomic E-state index is 5.49. The Balaban J connectivity index is 2.16. The van der Waals surface area contributed by atoms with Gasteiger partial charge >= 0.3 is 0 Å². The first-order valence-electron chi connectivity index (χ1n) is 6.05. The van der Waals surface area contributed by atoms with Gasteiger partial charge in [-0.2, -0.15) is 0 Å². The molecule has 0 saturated carbocycles. The minimum Gasteiger partial charge on any atom is -0.467 e. The predicted octanol–water partition coefficient (Wildman–Crippen LogP) is 3.02. The molecule has 0 bridgehead atoms. The van der Waals surface area contributed by atoms with Crippen molar-refractivity contribution in [2.75, 3.05) is 6.54 Å². The van der Waals surface area contributed by atoms with Crippen LogP contribution in [0.15, 0.2) is 65.8 Å². The van der Waals surface area contributed by atoms with E-state index in [0.717, 1.165) is 11.3 Å². The van der Waals surface area contributed by atoms with Gasteiger partial charge in [0.2, 0.25) is 0 Å². The second-order valence-corrected chi connectivity index (χ2v) is 4.41. The average Bonchev–Trinajstić information content (AvgIpc) is 2.97. The van der Waals surface area contributed by atoms with E-state index in [-0.39, 0.29) is 6.04 Å². The summed E-state index contributed by atoms with van der Waals surface area (Å²) in [6.07, 6.45) is 3.42.